The summed E-state index contributed by atoms with van der Waals surface area (Å²) in [4.78, 5) is 2.44. The maximum absolute atomic E-state index is 6.29. The van der Waals surface area contributed by atoms with Gasteiger partial charge in [0, 0.05) is 30.2 Å². The van der Waals surface area contributed by atoms with E-state index in [0.717, 1.165) is 36.8 Å². The molecule has 1 aliphatic rings. The number of aryl methyl sites for hydroxylation is 1. The second kappa shape index (κ2) is 6.61. The minimum Gasteiger partial charge on any atom is -0.371 e. The van der Waals surface area contributed by atoms with Crippen molar-refractivity contribution in [3.63, 3.8) is 0 Å². The van der Waals surface area contributed by atoms with Gasteiger partial charge in [0.2, 0.25) is 0 Å². The largest absolute Gasteiger partial charge is 0.371 e. The van der Waals surface area contributed by atoms with Crippen molar-refractivity contribution in [1.82, 2.24) is 4.90 Å². The molecule has 1 atom stereocenters. The van der Waals surface area contributed by atoms with Gasteiger partial charge in [0.15, 0.2) is 0 Å². The fourth-order valence-electron chi connectivity index (χ4n) is 2.84. The zero-order valence-corrected chi connectivity index (χ0v) is 13.0. The van der Waals surface area contributed by atoms with Crippen LogP contribution in [0.1, 0.15) is 22.8 Å². The predicted octanol–water partition coefficient (Wildman–Crippen LogP) is 4.22. The van der Waals surface area contributed by atoms with Gasteiger partial charge < -0.3 is 4.74 Å². The maximum Gasteiger partial charge on any atom is 0.0966 e. The molecule has 1 saturated heterocycles. The summed E-state index contributed by atoms with van der Waals surface area (Å²) in [7, 11) is 0. The van der Waals surface area contributed by atoms with Gasteiger partial charge in [-0.2, -0.15) is 0 Å². The topological polar surface area (TPSA) is 12.5 Å². The van der Waals surface area contributed by atoms with Gasteiger partial charge in [-0.25, -0.2) is 0 Å². The van der Waals surface area contributed by atoms with Crippen molar-refractivity contribution in [2.24, 2.45) is 0 Å². The van der Waals surface area contributed by atoms with Gasteiger partial charge in [0.25, 0.3) is 0 Å². The standard InChI is InChI=1S/C18H20ClNO/c1-14-5-4-6-15(11-14)12-20-9-10-21-18(13-20)16-7-2-3-8-17(16)19/h2-8,11,18H,9-10,12-13H2,1H3. The number of benzene rings is 2. The van der Waals surface area contributed by atoms with Crippen LogP contribution in [0.5, 0.6) is 0 Å². The fraction of sp³-hybridized carbons (Fsp3) is 0.333. The van der Waals surface area contributed by atoms with Gasteiger partial charge in [-0.05, 0) is 18.6 Å². The lowest BCUT2D eigenvalue weighted by Crippen LogP contribution is -2.37. The third-order valence-electron chi connectivity index (χ3n) is 3.89. The number of halogens is 1. The molecule has 0 bridgehead atoms. The molecule has 110 valence electrons. The molecule has 1 unspecified atom stereocenters. The Kier molecular flexibility index (Phi) is 4.59. The monoisotopic (exact) mass is 301 g/mol. The van der Waals surface area contributed by atoms with Crippen LogP contribution in [0.2, 0.25) is 5.02 Å². The Morgan fingerprint density at radius 2 is 2.05 bits per heavy atom. The molecule has 0 N–H and O–H groups in total. The Bertz CT molecular complexity index is 614. The smallest absolute Gasteiger partial charge is 0.0966 e. The molecule has 0 aromatic heterocycles. The second-order valence-electron chi connectivity index (χ2n) is 5.61. The first kappa shape index (κ1) is 14.6. The SMILES string of the molecule is Cc1cccc(CN2CCOC(c3ccccc3Cl)C2)c1. The molecule has 1 aliphatic heterocycles. The van der Waals surface area contributed by atoms with Crippen LogP contribution >= 0.6 is 11.6 Å². The van der Waals surface area contributed by atoms with Crippen molar-refractivity contribution in [1.29, 1.82) is 0 Å². The maximum atomic E-state index is 6.29. The molecule has 0 aliphatic carbocycles. The average molecular weight is 302 g/mol. The van der Waals surface area contributed by atoms with Crippen LogP contribution < -0.4 is 0 Å². The number of nitrogens with zero attached hydrogens (tertiary/aromatic N) is 1. The molecule has 1 heterocycles. The van der Waals surface area contributed by atoms with Crippen molar-refractivity contribution < 1.29 is 4.74 Å². The molecule has 0 amide bonds. The van der Waals surface area contributed by atoms with E-state index in [1.165, 1.54) is 11.1 Å². The van der Waals surface area contributed by atoms with Crippen molar-refractivity contribution in [2.75, 3.05) is 19.7 Å². The normalized spacial score (nSPS) is 19.6. The van der Waals surface area contributed by atoms with Crippen LogP contribution in [0.25, 0.3) is 0 Å². The average Bonchev–Trinajstić information content (AvgIpc) is 2.48. The summed E-state index contributed by atoms with van der Waals surface area (Å²) in [6, 6.07) is 16.7. The summed E-state index contributed by atoms with van der Waals surface area (Å²) < 4.78 is 5.91. The Labute approximate surface area is 131 Å². The van der Waals surface area contributed by atoms with Gasteiger partial charge in [0.1, 0.15) is 0 Å². The van der Waals surface area contributed by atoms with Gasteiger partial charge in [0.05, 0.1) is 12.7 Å². The molecule has 0 radical (unpaired) electrons. The lowest BCUT2D eigenvalue weighted by Gasteiger charge is -2.33. The van der Waals surface area contributed by atoms with Crippen LogP contribution in [0.4, 0.5) is 0 Å². The number of rotatable bonds is 3. The highest BCUT2D eigenvalue weighted by atomic mass is 35.5. The highest BCUT2D eigenvalue weighted by molar-refractivity contribution is 6.31. The molecule has 2 nitrogen and oxygen atoms in total. The lowest BCUT2D eigenvalue weighted by atomic mass is 10.1. The molecule has 21 heavy (non-hydrogen) atoms. The minimum atomic E-state index is 0.0669. The van der Waals surface area contributed by atoms with Gasteiger partial charge >= 0.3 is 0 Å². The van der Waals surface area contributed by atoms with E-state index in [1.807, 2.05) is 18.2 Å². The van der Waals surface area contributed by atoms with Gasteiger partial charge in [-0.15, -0.1) is 0 Å². The Balaban J connectivity index is 1.70. The fourth-order valence-corrected chi connectivity index (χ4v) is 3.10. The van der Waals surface area contributed by atoms with Crippen molar-refractivity contribution in [2.45, 2.75) is 19.6 Å². The Morgan fingerprint density at radius 1 is 1.19 bits per heavy atom. The Morgan fingerprint density at radius 3 is 2.86 bits per heavy atom. The zero-order chi connectivity index (χ0) is 14.7. The van der Waals surface area contributed by atoms with Gasteiger partial charge in [-0.3, -0.25) is 4.90 Å². The zero-order valence-electron chi connectivity index (χ0n) is 12.3. The number of morpholine rings is 1. The molecule has 3 rings (SSSR count). The molecular weight excluding hydrogens is 282 g/mol. The third-order valence-corrected chi connectivity index (χ3v) is 4.24. The van der Waals surface area contributed by atoms with Crippen molar-refractivity contribution in [3.8, 4) is 0 Å². The van der Waals surface area contributed by atoms with E-state index in [0.29, 0.717) is 0 Å². The molecule has 2 aromatic rings. The Hall–Kier alpha value is -1.35. The number of hydrogen-bond donors (Lipinski definition) is 0. The highest BCUT2D eigenvalue weighted by Crippen LogP contribution is 2.28. The first-order chi connectivity index (χ1) is 10.2. The summed E-state index contributed by atoms with van der Waals surface area (Å²) in [5.41, 5.74) is 3.76. The van der Waals surface area contributed by atoms with Crippen molar-refractivity contribution in [3.05, 3.63) is 70.2 Å². The van der Waals surface area contributed by atoms with E-state index in [2.05, 4.69) is 42.2 Å². The van der Waals surface area contributed by atoms with E-state index in [4.69, 9.17) is 16.3 Å². The van der Waals surface area contributed by atoms with E-state index in [1.54, 1.807) is 0 Å². The van der Waals surface area contributed by atoms with Crippen LogP contribution in [0.15, 0.2) is 48.5 Å². The molecule has 0 spiro atoms. The molecule has 2 aromatic carbocycles. The summed E-state index contributed by atoms with van der Waals surface area (Å²) in [6.45, 7) is 5.70. The summed E-state index contributed by atoms with van der Waals surface area (Å²) in [5, 5.41) is 0.792. The van der Waals surface area contributed by atoms with E-state index < -0.39 is 0 Å². The molecule has 1 fully saturated rings. The van der Waals surface area contributed by atoms with Crippen LogP contribution in [-0.4, -0.2) is 24.6 Å². The third kappa shape index (κ3) is 3.65. The highest BCUT2D eigenvalue weighted by Gasteiger charge is 2.23. The van der Waals surface area contributed by atoms with Crippen LogP contribution in [0, 0.1) is 6.92 Å². The minimum absolute atomic E-state index is 0.0669. The summed E-state index contributed by atoms with van der Waals surface area (Å²) in [5.74, 6) is 0. The first-order valence-corrected chi connectivity index (χ1v) is 7.74. The summed E-state index contributed by atoms with van der Waals surface area (Å²) >= 11 is 6.29. The van der Waals surface area contributed by atoms with Crippen LogP contribution in [0.3, 0.4) is 0 Å². The number of hydrogen-bond acceptors (Lipinski definition) is 2. The van der Waals surface area contributed by atoms with Gasteiger partial charge in [-0.1, -0.05) is 59.6 Å². The second-order valence-corrected chi connectivity index (χ2v) is 6.01. The van der Waals surface area contributed by atoms with E-state index >= 15 is 0 Å². The number of ether oxygens (including phenoxy) is 1. The molecular formula is C18H20ClNO. The molecule has 3 heteroatoms. The van der Waals surface area contributed by atoms with E-state index in [-0.39, 0.29) is 6.10 Å². The predicted molar refractivity (Wildman–Crippen MR) is 86.6 cm³/mol. The molecule has 0 saturated carbocycles. The van der Waals surface area contributed by atoms with E-state index in [9.17, 15) is 0 Å². The lowest BCUT2D eigenvalue weighted by molar-refractivity contribution is -0.0328. The quantitative estimate of drug-likeness (QED) is 0.841. The van der Waals surface area contributed by atoms with Crippen molar-refractivity contribution >= 4 is 11.6 Å². The summed E-state index contributed by atoms with van der Waals surface area (Å²) in [6.07, 6.45) is 0.0669. The first-order valence-electron chi connectivity index (χ1n) is 7.36. The van der Waals surface area contributed by atoms with Crippen LogP contribution in [-0.2, 0) is 11.3 Å².